The predicted octanol–water partition coefficient (Wildman–Crippen LogP) is 4.00. The van der Waals surface area contributed by atoms with Gasteiger partial charge < -0.3 is 14.8 Å². The van der Waals surface area contributed by atoms with Crippen molar-refractivity contribution in [1.29, 1.82) is 0 Å². The number of piperidine rings is 1. The Kier molecular flexibility index (Phi) is 6.62. The van der Waals surface area contributed by atoms with Crippen molar-refractivity contribution in [3.8, 4) is 16.9 Å². The number of hydrogen-bond acceptors (Lipinski definition) is 7. The molecule has 1 aromatic carbocycles. The van der Waals surface area contributed by atoms with Gasteiger partial charge in [-0.05, 0) is 56.1 Å². The van der Waals surface area contributed by atoms with Gasteiger partial charge in [-0.3, -0.25) is 18.9 Å². The first-order valence-electron chi connectivity index (χ1n) is 12.4. The Balaban J connectivity index is 1.40. The van der Waals surface area contributed by atoms with Crippen LogP contribution in [0.15, 0.2) is 52.3 Å². The van der Waals surface area contributed by atoms with Gasteiger partial charge in [-0.1, -0.05) is 11.6 Å². The first kappa shape index (κ1) is 24.4. The van der Waals surface area contributed by atoms with Crippen LogP contribution in [0.2, 0.25) is 5.02 Å². The number of aryl methyl sites for hydroxylation is 1. The maximum atomic E-state index is 13.1. The van der Waals surface area contributed by atoms with E-state index in [4.69, 9.17) is 21.1 Å². The summed E-state index contributed by atoms with van der Waals surface area (Å²) in [4.78, 5) is 31.1. The molecule has 0 bridgehead atoms. The molecule has 0 radical (unpaired) electrons. The van der Waals surface area contributed by atoms with Crippen molar-refractivity contribution >= 4 is 33.2 Å². The van der Waals surface area contributed by atoms with Crippen LogP contribution in [0.1, 0.15) is 29.3 Å². The standard InChI is InChI=1S/C27H27ClN4O4S/c1-16-9-17(28)10-22(25(16)36-19-3-2-6-29-12-19)21-4-7-30-23-11-20(37-26(21)23)13-32-24(33)5-8-31(27(32)34)18-14-35-15-18/h4-5,7-11,18-19,29H,2-3,6,12-15H2,1H3. The minimum atomic E-state index is -0.325. The van der Waals surface area contributed by atoms with Crippen LogP contribution in [0.25, 0.3) is 21.3 Å². The predicted molar refractivity (Wildman–Crippen MR) is 145 cm³/mol. The third-order valence-electron chi connectivity index (χ3n) is 6.95. The number of hydrogen-bond donors (Lipinski definition) is 1. The molecule has 2 saturated heterocycles. The van der Waals surface area contributed by atoms with Gasteiger partial charge in [0, 0.05) is 46.0 Å². The SMILES string of the molecule is Cc1cc(Cl)cc(-c2ccnc3cc(Cn4c(=O)ccn(C5COC5)c4=O)sc23)c1OC1CCCNC1. The van der Waals surface area contributed by atoms with Gasteiger partial charge in [0.25, 0.3) is 5.56 Å². The van der Waals surface area contributed by atoms with E-state index in [2.05, 4.69) is 10.3 Å². The molecule has 192 valence electrons. The van der Waals surface area contributed by atoms with E-state index in [0.717, 1.165) is 63.5 Å². The number of pyridine rings is 1. The molecule has 0 saturated carbocycles. The maximum Gasteiger partial charge on any atom is 0.331 e. The minimum absolute atomic E-state index is 0.0288. The summed E-state index contributed by atoms with van der Waals surface area (Å²) in [6.07, 6.45) is 5.50. The van der Waals surface area contributed by atoms with Crippen molar-refractivity contribution in [2.75, 3.05) is 26.3 Å². The Hall–Kier alpha value is -2.98. The summed E-state index contributed by atoms with van der Waals surface area (Å²) in [5.74, 6) is 0.824. The molecule has 3 aromatic heterocycles. The zero-order chi connectivity index (χ0) is 25.5. The summed E-state index contributed by atoms with van der Waals surface area (Å²) in [5.41, 5.74) is 3.02. The van der Waals surface area contributed by atoms with Crippen LogP contribution in [0.5, 0.6) is 5.75 Å². The van der Waals surface area contributed by atoms with E-state index in [1.165, 1.54) is 22.0 Å². The highest BCUT2D eigenvalue weighted by molar-refractivity contribution is 7.19. The van der Waals surface area contributed by atoms with E-state index >= 15 is 0 Å². The summed E-state index contributed by atoms with van der Waals surface area (Å²) in [7, 11) is 0. The normalized spacial score (nSPS) is 18.2. The molecule has 8 nitrogen and oxygen atoms in total. The molecule has 5 heterocycles. The van der Waals surface area contributed by atoms with Gasteiger partial charge in [-0.2, -0.15) is 0 Å². The molecular formula is C27H27ClN4O4S. The highest BCUT2D eigenvalue weighted by Crippen LogP contribution is 2.42. The van der Waals surface area contributed by atoms with Crippen molar-refractivity contribution < 1.29 is 9.47 Å². The third-order valence-corrected chi connectivity index (χ3v) is 8.31. The van der Waals surface area contributed by atoms with Crippen LogP contribution < -0.4 is 21.3 Å². The van der Waals surface area contributed by atoms with Crippen LogP contribution >= 0.6 is 22.9 Å². The number of ether oxygens (including phenoxy) is 2. The Bertz CT molecular complexity index is 1580. The lowest BCUT2D eigenvalue weighted by Gasteiger charge is -2.28. The fourth-order valence-corrected chi connectivity index (χ4v) is 6.35. The monoisotopic (exact) mass is 538 g/mol. The van der Waals surface area contributed by atoms with Crippen LogP contribution in [-0.4, -0.2) is 46.5 Å². The molecule has 0 spiro atoms. The molecule has 10 heteroatoms. The first-order valence-corrected chi connectivity index (χ1v) is 13.6. The topological polar surface area (TPSA) is 87.4 Å². The van der Waals surface area contributed by atoms with E-state index in [0.29, 0.717) is 18.2 Å². The number of nitrogens with zero attached hydrogens (tertiary/aromatic N) is 3. The average Bonchev–Trinajstić information content (AvgIpc) is 3.27. The molecule has 37 heavy (non-hydrogen) atoms. The largest absolute Gasteiger partial charge is 0.488 e. The second kappa shape index (κ2) is 10.1. The molecule has 2 aliphatic heterocycles. The summed E-state index contributed by atoms with van der Waals surface area (Å²) < 4.78 is 15.6. The molecule has 4 aromatic rings. The summed E-state index contributed by atoms with van der Waals surface area (Å²) in [6, 6.07) is 9.19. The number of halogens is 1. The zero-order valence-corrected chi connectivity index (χ0v) is 22.0. The molecule has 1 N–H and O–H groups in total. The van der Waals surface area contributed by atoms with Gasteiger partial charge in [0.1, 0.15) is 11.9 Å². The number of aromatic nitrogens is 3. The molecule has 1 unspecified atom stereocenters. The van der Waals surface area contributed by atoms with Gasteiger partial charge >= 0.3 is 5.69 Å². The highest BCUT2D eigenvalue weighted by Gasteiger charge is 2.24. The number of nitrogens with one attached hydrogen (secondary N) is 1. The maximum absolute atomic E-state index is 13.1. The molecule has 0 amide bonds. The Morgan fingerprint density at radius 2 is 2.08 bits per heavy atom. The second-order valence-corrected chi connectivity index (χ2v) is 11.2. The molecule has 2 fully saturated rings. The lowest BCUT2D eigenvalue weighted by Crippen LogP contribution is -2.45. The van der Waals surface area contributed by atoms with Crippen molar-refractivity contribution in [2.45, 2.75) is 38.5 Å². The van der Waals surface area contributed by atoms with Gasteiger partial charge in [-0.25, -0.2) is 4.79 Å². The Labute approximate surface area is 222 Å². The highest BCUT2D eigenvalue weighted by atomic mass is 35.5. The number of thiophene rings is 1. The second-order valence-electron chi connectivity index (χ2n) is 9.59. The fourth-order valence-electron chi connectivity index (χ4n) is 4.95. The first-order chi connectivity index (χ1) is 18.0. The van der Waals surface area contributed by atoms with Crippen LogP contribution in [0.4, 0.5) is 0 Å². The molecule has 2 aliphatic rings. The van der Waals surface area contributed by atoms with E-state index in [1.54, 1.807) is 17.0 Å². The van der Waals surface area contributed by atoms with E-state index in [-0.39, 0.29) is 29.9 Å². The minimum Gasteiger partial charge on any atom is -0.488 e. The summed E-state index contributed by atoms with van der Waals surface area (Å²) >= 11 is 8.03. The molecular weight excluding hydrogens is 512 g/mol. The lowest BCUT2D eigenvalue weighted by molar-refractivity contribution is -0.0259. The molecule has 1 atom stereocenters. The van der Waals surface area contributed by atoms with Gasteiger partial charge in [0.05, 0.1) is 36.0 Å². The number of rotatable bonds is 6. The van der Waals surface area contributed by atoms with E-state index in [1.807, 2.05) is 31.2 Å². The lowest BCUT2D eigenvalue weighted by atomic mass is 10.0. The zero-order valence-electron chi connectivity index (χ0n) is 20.4. The van der Waals surface area contributed by atoms with Crippen LogP contribution in [0, 0.1) is 6.92 Å². The van der Waals surface area contributed by atoms with Crippen LogP contribution in [0.3, 0.4) is 0 Å². The van der Waals surface area contributed by atoms with Crippen molar-refractivity contribution in [2.24, 2.45) is 0 Å². The Morgan fingerprint density at radius 3 is 2.84 bits per heavy atom. The van der Waals surface area contributed by atoms with Crippen LogP contribution in [-0.2, 0) is 11.3 Å². The van der Waals surface area contributed by atoms with Gasteiger partial charge in [0.15, 0.2) is 0 Å². The quantitative estimate of drug-likeness (QED) is 0.399. The fraction of sp³-hybridized carbons (Fsp3) is 0.370. The smallest absolute Gasteiger partial charge is 0.331 e. The van der Waals surface area contributed by atoms with E-state index < -0.39 is 0 Å². The summed E-state index contributed by atoms with van der Waals surface area (Å²) in [6.45, 7) is 4.98. The summed E-state index contributed by atoms with van der Waals surface area (Å²) in [5, 5.41) is 4.05. The van der Waals surface area contributed by atoms with Crippen molar-refractivity contribution in [3.63, 3.8) is 0 Å². The van der Waals surface area contributed by atoms with Gasteiger partial charge in [0.2, 0.25) is 0 Å². The number of fused-ring (bicyclic) bond motifs is 1. The average molecular weight is 539 g/mol. The van der Waals surface area contributed by atoms with E-state index in [9.17, 15) is 9.59 Å². The molecule has 0 aliphatic carbocycles. The van der Waals surface area contributed by atoms with Gasteiger partial charge in [-0.15, -0.1) is 11.3 Å². The van der Waals surface area contributed by atoms with Crippen molar-refractivity contribution in [1.82, 2.24) is 19.4 Å². The van der Waals surface area contributed by atoms with Crippen molar-refractivity contribution in [3.05, 3.63) is 79.0 Å². The number of benzene rings is 1. The molecule has 6 rings (SSSR count). The third kappa shape index (κ3) is 4.72. The Morgan fingerprint density at radius 1 is 1.22 bits per heavy atom.